The molecule has 0 spiro atoms. The van der Waals surface area contributed by atoms with E-state index in [4.69, 9.17) is 16.3 Å². The Morgan fingerprint density at radius 3 is 2.42 bits per heavy atom. The van der Waals surface area contributed by atoms with Gasteiger partial charge in [0.2, 0.25) is 6.10 Å². The highest BCUT2D eigenvalue weighted by atomic mass is 35.5. The zero-order chi connectivity index (χ0) is 23.8. The summed E-state index contributed by atoms with van der Waals surface area (Å²) < 4.78 is 9.02. The lowest BCUT2D eigenvalue weighted by Gasteiger charge is -2.17. The van der Waals surface area contributed by atoms with Crippen molar-refractivity contribution in [2.45, 2.75) is 65.1 Å². The number of aliphatic carboxylic acids is 1. The molecule has 0 saturated heterocycles. The number of hydrogen-bond acceptors (Lipinski definition) is 4. The highest BCUT2D eigenvalue weighted by molar-refractivity contribution is 6.31. The van der Waals surface area contributed by atoms with Crippen molar-refractivity contribution in [2.75, 3.05) is 0 Å². The molecule has 7 nitrogen and oxygen atoms in total. The first kappa shape index (κ1) is 24.6. The molecule has 0 aliphatic rings. The van der Waals surface area contributed by atoms with Gasteiger partial charge in [-0.25, -0.2) is 14.3 Å². The van der Waals surface area contributed by atoms with Gasteiger partial charge in [0.25, 0.3) is 0 Å². The van der Waals surface area contributed by atoms with Gasteiger partial charge in [-0.2, -0.15) is 5.10 Å². The molecule has 3 rings (SSSR count). The molecule has 0 saturated carbocycles. The molecule has 0 radical (unpaired) electrons. The van der Waals surface area contributed by atoms with Crippen LogP contribution < -0.4 is 10.4 Å². The number of nitrogens with zero attached hydrogens (tertiary/aromatic N) is 3. The summed E-state index contributed by atoms with van der Waals surface area (Å²) in [5.41, 5.74) is 1.20. The van der Waals surface area contributed by atoms with Gasteiger partial charge < -0.3 is 9.84 Å². The summed E-state index contributed by atoms with van der Waals surface area (Å²) >= 11 is 6.16. The van der Waals surface area contributed by atoms with E-state index in [1.54, 1.807) is 45.6 Å². The second-order valence-electron chi connectivity index (χ2n) is 7.97. The smallest absolute Gasteiger partial charge is 0.349 e. The summed E-state index contributed by atoms with van der Waals surface area (Å²) in [6.45, 7) is 5.22. The standard InChI is InChI=1S/C25H30ClN3O4/c1-3-5-11-22-27-29(16-6-4-2)25(32)28(22)17-18-12-14-19(15-13-18)33-23(24(30)31)20-9-7-8-10-21(20)26/h7-10,12-15,23H,3-6,11,16-17H2,1-2H3,(H,30,31). The van der Waals surface area contributed by atoms with Crippen molar-refractivity contribution in [3.8, 4) is 5.75 Å². The lowest BCUT2D eigenvalue weighted by atomic mass is 10.1. The van der Waals surface area contributed by atoms with Crippen LogP contribution in [0.1, 0.15) is 62.6 Å². The Labute approximate surface area is 198 Å². The van der Waals surface area contributed by atoms with Crippen LogP contribution in [0.5, 0.6) is 5.75 Å². The highest BCUT2D eigenvalue weighted by Gasteiger charge is 2.24. The fourth-order valence-electron chi connectivity index (χ4n) is 3.54. The number of rotatable bonds is 12. The van der Waals surface area contributed by atoms with Crippen molar-refractivity contribution in [1.29, 1.82) is 0 Å². The minimum Gasteiger partial charge on any atom is -0.478 e. The van der Waals surface area contributed by atoms with E-state index in [-0.39, 0.29) is 5.69 Å². The number of carboxylic acid groups (broad SMARTS) is 1. The summed E-state index contributed by atoms with van der Waals surface area (Å²) in [7, 11) is 0. The fraction of sp³-hybridized carbons (Fsp3) is 0.400. The van der Waals surface area contributed by atoms with E-state index in [1.807, 2.05) is 12.1 Å². The van der Waals surface area contributed by atoms with Gasteiger partial charge in [0, 0.05) is 23.6 Å². The van der Waals surface area contributed by atoms with Crippen LogP contribution in [0.25, 0.3) is 0 Å². The van der Waals surface area contributed by atoms with Crippen LogP contribution in [0.15, 0.2) is 53.3 Å². The van der Waals surface area contributed by atoms with Crippen molar-refractivity contribution in [2.24, 2.45) is 0 Å². The summed E-state index contributed by atoms with van der Waals surface area (Å²) in [5.74, 6) is 0.0741. The molecule has 1 heterocycles. The zero-order valence-corrected chi connectivity index (χ0v) is 19.8. The van der Waals surface area contributed by atoms with Gasteiger partial charge in [0.1, 0.15) is 11.6 Å². The quantitative estimate of drug-likeness (QED) is 0.397. The third-order valence-corrected chi connectivity index (χ3v) is 5.75. The van der Waals surface area contributed by atoms with E-state index < -0.39 is 12.1 Å². The second-order valence-corrected chi connectivity index (χ2v) is 8.37. The SMILES string of the molecule is CCCCc1nn(CCCC)c(=O)n1Cc1ccc(OC(C(=O)O)c2ccccc2Cl)cc1. The Morgan fingerprint density at radius 2 is 1.79 bits per heavy atom. The monoisotopic (exact) mass is 471 g/mol. The van der Waals surface area contributed by atoms with Crippen LogP contribution in [0.3, 0.4) is 0 Å². The van der Waals surface area contributed by atoms with Gasteiger partial charge in [0.05, 0.1) is 6.54 Å². The van der Waals surface area contributed by atoms with E-state index in [1.165, 1.54) is 0 Å². The molecule has 0 bridgehead atoms. The average molecular weight is 472 g/mol. The number of ether oxygens (including phenoxy) is 1. The first-order chi connectivity index (χ1) is 15.9. The fourth-order valence-corrected chi connectivity index (χ4v) is 3.78. The van der Waals surface area contributed by atoms with Gasteiger partial charge in [-0.1, -0.05) is 68.6 Å². The first-order valence-corrected chi connectivity index (χ1v) is 11.7. The van der Waals surface area contributed by atoms with E-state index >= 15 is 0 Å². The Hall–Kier alpha value is -3.06. The molecule has 3 aromatic rings. The van der Waals surface area contributed by atoms with Crippen molar-refractivity contribution >= 4 is 17.6 Å². The molecule has 0 fully saturated rings. The minimum atomic E-state index is -1.22. The summed E-state index contributed by atoms with van der Waals surface area (Å²) in [5, 5.41) is 14.5. The highest BCUT2D eigenvalue weighted by Crippen LogP contribution is 2.28. The number of aromatic nitrogens is 3. The van der Waals surface area contributed by atoms with Gasteiger partial charge in [-0.3, -0.25) is 4.57 Å². The van der Waals surface area contributed by atoms with E-state index in [0.29, 0.717) is 29.4 Å². The second kappa shape index (κ2) is 11.7. The van der Waals surface area contributed by atoms with E-state index in [2.05, 4.69) is 18.9 Å². The molecule has 0 aliphatic heterocycles. The van der Waals surface area contributed by atoms with Crippen molar-refractivity contribution in [1.82, 2.24) is 14.3 Å². The largest absolute Gasteiger partial charge is 0.478 e. The summed E-state index contributed by atoms with van der Waals surface area (Å²) in [6.07, 6.45) is 3.44. The third-order valence-electron chi connectivity index (χ3n) is 5.41. The third kappa shape index (κ3) is 6.26. The topological polar surface area (TPSA) is 86.4 Å². The van der Waals surface area contributed by atoms with Gasteiger partial charge in [-0.05, 0) is 36.6 Å². The molecule has 1 N–H and O–H groups in total. The number of benzene rings is 2. The predicted octanol–water partition coefficient (Wildman–Crippen LogP) is 5.09. The number of carbonyl (C=O) groups is 1. The van der Waals surface area contributed by atoms with Crippen molar-refractivity contribution in [3.05, 3.63) is 81.0 Å². The zero-order valence-electron chi connectivity index (χ0n) is 19.0. The Bertz CT molecular complexity index is 1120. The molecular formula is C25H30ClN3O4. The first-order valence-electron chi connectivity index (χ1n) is 11.3. The Morgan fingerprint density at radius 1 is 1.09 bits per heavy atom. The lowest BCUT2D eigenvalue weighted by Crippen LogP contribution is -2.26. The number of aryl methyl sites for hydroxylation is 2. The molecule has 33 heavy (non-hydrogen) atoms. The maximum atomic E-state index is 12.9. The molecule has 0 amide bonds. The molecule has 1 unspecified atom stereocenters. The van der Waals surface area contributed by atoms with Crippen molar-refractivity contribution < 1.29 is 14.6 Å². The number of hydrogen-bond donors (Lipinski definition) is 1. The van der Waals surface area contributed by atoms with Gasteiger partial charge >= 0.3 is 11.7 Å². The molecule has 1 atom stereocenters. The van der Waals surface area contributed by atoms with Crippen LogP contribution >= 0.6 is 11.6 Å². The molecular weight excluding hydrogens is 442 g/mol. The Balaban J connectivity index is 1.79. The molecule has 176 valence electrons. The van der Waals surface area contributed by atoms with Crippen LogP contribution in [0.4, 0.5) is 0 Å². The number of unbranched alkanes of at least 4 members (excludes halogenated alkanes) is 2. The molecule has 2 aromatic carbocycles. The minimum absolute atomic E-state index is 0.0976. The van der Waals surface area contributed by atoms with E-state index in [0.717, 1.165) is 43.5 Å². The Kier molecular flexibility index (Phi) is 8.72. The molecule has 0 aliphatic carbocycles. The van der Waals surface area contributed by atoms with Crippen LogP contribution in [-0.2, 0) is 24.3 Å². The normalized spacial score (nSPS) is 12.0. The van der Waals surface area contributed by atoms with Crippen LogP contribution in [0.2, 0.25) is 5.02 Å². The molecule has 1 aromatic heterocycles. The number of carboxylic acids is 1. The van der Waals surface area contributed by atoms with Gasteiger partial charge in [0.15, 0.2) is 0 Å². The predicted molar refractivity (Wildman–Crippen MR) is 128 cm³/mol. The average Bonchev–Trinajstić information content (AvgIpc) is 3.10. The van der Waals surface area contributed by atoms with Crippen LogP contribution in [-0.4, -0.2) is 25.4 Å². The summed E-state index contributed by atoms with van der Waals surface area (Å²) in [4.78, 5) is 24.7. The summed E-state index contributed by atoms with van der Waals surface area (Å²) in [6, 6.07) is 13.8. The van der Waals surface area contributed by atoms with Crippen molar-refractivity contribution in [3.63, 3.8) is 0 Å². The molecule has 8 heteroatoms. The maximum absolute atomic E-state index is 12.9. The van der Waals surface area contributed by atoms with Gasteiger partial charge in [-0.15, -0.1) is 0 Å². The van der Waals surface area contributed by atoms with E-state index in [9.17, 15) is 14.7 Å². The number of halogens is 1. The lowest BCUT2D eigenvalue weighted by molar-refractivity contribution is -0.145. The van der Waals surface area contributed by atoms with Crippen LogP contribution in [0, 0.1) is 0 Å². The maximum Gasteiger partial charge on any atom is 0.349 e.